The molecule has 1 aromatic rings. The van der Waals surface area contributed by atoms with Crippen molar-refractivity contribution in [2.45, 2.75) is 25.5 Å². The Hall–Kier alpha value is -1.36. The molecule has 0 aromatic carbocycles. The molecule has 2 heterocycles. The third-order valence-corrected chi connectivity index (χ3v) is 2.49. The van der Waals surface area contributed by atoms with Gasteiger partial charge in [0, 0.05) is 12.6 Å². The van der Waals surface area contributed by atoms with E-state index in [1.807, 2.05) is 4.90 Å². The molecule has 14 heavy (non-hydrogen) atoms. The van der Waals surface area contributed by atoms with Crippen molar-refractivity contribution in [2.24, 2.45) is 0 Å². The summed E-state index contributed by atoms with van der Waals surface area (Å²) in [6.07, 6.45) is 3.69. The summed E-state index contributed by atoms with van der Waals surface area (Å²) < 4.78 is 0. The fourth-order valence-corrected chi connectivity index (χ4v) is 1.83. The number of anilines is 2. The molecule has 5 heteroatoms. The highest BCUT2D eigenvalue weighted by molar-refractivity contribution is 5.43. The molecule has 5 nitrogen and oxygen atoms in total. The molecule has 2 unspecified atom stereocenters. The quantitative estimate of drug-likeness (QED) is 0.659. The van der Waals surface area contributed by atoms with Gasteiger partial charge in [-0.05, 0) is 13.3 Å². The van der Waals surface area contributed by atoms with Crippen molar-refractivity contribution in [1.82, 2.24) is 9.97 Å². The van der Waals surface area contributed by atoms with E-state index in [1.165, 1.54) is 6.20 Å². The molecular weight excluding hydrogens is 180 g/mol. The number of aromatic nitrogens is 2. The highest BCUT2D eigenvalue weighted by Crippen LogP contribution is 2.23. The first-order chi connectivity index (χ1) is 6.66. The van der Waals surface area contributed by atoms with E-state index < -0.39 is 0 Å². The van der Waals surface area contributed by atoms with Gasteiger partial charge in [0.25, 0.3) is 0 Å². The maximum Gasteiger partial charge on any atom is 0.149 e. The first kappa shape index (κ1) is 9.21. The van der Waals surface area contributed by atoms with E-state index in [0.717, 1.165) is 12.2 Å². The van der Waals surface area contributed by atoms with Crippen molar-refractivity contribution in [2.75, 3.05) is 17.2 Å². The molecule has 0 saturated carbocycles. The largest absolute Gasteiger partial charge is 0.391 e. The van der Waals surface area contributed by atoms with Crippen LogP contribution in [0.25, 0.3) is 0 Å². The van der Waals surface area contributed by atoms with E-state index in [2.05, 4.69) is 16.9 Å². The Balaban J connectivity index is 2.23. The number of rotatable bonds is 1. The monoisotopic (exact) mass is 194 g/mol. The zero-order chi connectivity index (χ0) is 10.1. The van der Waals surface area contributed by atoms with E-state index in [-0.39, 0.29) is 6.10 Å². The van der Waals surface area contributed by atoms with Crippen LogP contribution in [0, 0.1) is 0 Å². The Labute approximate surface area is 82.6 Å². The molecule has 0 amide bonds. The first-order valence-corrected chi connectivity index (χ1v) is 4.69. The van der Waals surface area contributed by atoms with Gasteiger partial charge in [0.15, 0.2) is 0 Å². The van der Waals surface area contributed by atoms with Crippen LogP contribution in [0.15, 0.2) is 12.4 Å². The molecule has 2 rings (SSSR count). The average Bonchev–Trinajstić information content (AvgIpc) is 2.45. The lowest BCUT2D eigenvalue weighted by Gasteiger charge is -2.21. The van der Waals surface area contributed by atoms with Gasteiger partial charge in [0.2, 0.25) is 0 Å². The normalized spacial score (nSPS) is 26.9. The van der Waals surface area contributed by atoms with Gasteiger partial charge < -0.3 is 15.7 Å². The van der Waals surface area contributed by atoms with Crippen LogP contribution in [-0.4, -0.2) is 33.8 Å². The van der Waals surface area contributed by atoms with Crippen molar-refractivity contribution >= 4 is 11.6 Å². The summed E-state index contributed by atoms with van der Waals surface area (Å²) in [5.74, 6) is 1.16. The molecule has 0 radical (unpaired) electrons. The summed E-state index contributed by atoms with van der Waals surface area (Å²) in [5, 5.41) is 9.48. The third-order valence-electron chi connectivity index (χ3n) is 2.49. The van der Waals surface area contributed by atoms with Crippen LogP contribution in [0.1, 0.15) is 13.3 Å². The molecule has 2 atom stereocenters. The van der Waals surface area contributed by atoms with Gasteiger partial charge in [-0.2, -0.15) is 0 Å². The Kier molecular flexibility index (Phi) is 2.25. The zero-order valence-electron chi connectivity index (χ0n) is 8.09. The number of aliphatic hydroxyl groups excluding tert-OH is 1. The highest BCUT2D eigenvalue weighted by atomic mass is 16.3. The number of nitrogens with zero attached hydrogens (tertiary/aromatic N) is 3. The Morgan fingerprint density at radius 1 is 1.57 bits per heavy atom. The molecule has 1 aliphatic heterocycles. The van der Waals surface area contributed by atoms with Gasteiger partial charge in [-0.15, -0.1) is 0 Å². The van der Waals surface area contributed by atoms with Crippen LogP contribution < -0.4 is 10.6 Å². The second-order valence-corrected chi connectivity index (χ2v) is 3.69. The molecule has 76 valence electrons. The number of hydrogen-bond donors (Lipinski definition) is 2. The fourth-order valence-electron chi connectivity index (χ4n) is 1.83. The van der Waals surface area contributed by atoms with Gasteiger partial charge in [0.05, 0.1) is 18.5 Å². The number of nitrogens with two attached hydrogens (primary N) is 1. The maximum atomic E-state index is 9.48. The van der Waals surface area contributed by atoms with Crippen LogP contribution in [0.5, 0.6) is 0 Å². The Morgan fingerprint density at radius 2 is 2.36 bits per heavy atom. The number of hydrogen-bond acceptors (Lipinski definition) is 5. The van der Waals surface area contributed by atoms with Crippen LogP contribution in [0.2, 0.25) is 0 Å². The first-order valence-electron chi connectivity index (χ1n) is 4.69. The van der Waals surface area contributed by atoms with E-state index in [1.54, 1.807) is 6.20 Å². The standard InChI is InChI=1S/C9H14N4O/c1-6-2-7(14)5-13(6)9-4-11-3-8(10)12-9/h3-4,6-7,14H,2,5H2,1H3,(H2,10,12). The summed E-state index contributed by atoms with van der Waals surface area (Å²) in [5.41, 5.74) is 5.54. The minimum atomic E-state index is -0.270. The summed E-state index contributed by atoms with van der Waals surface area (Å²) in [6.45, 7) is 2.67. The summed E-state index contributed by atoms with van der Waals surface area (Å²) in [6, 6.07) is 0.293. The van der Waals surface area contributed by atoms with Crippen LogP contribution in [0.4, 0.5) is 11.6 Å². The fraction of sp³-hybridized carbons (Fsp3) is 0.556. The van der Waals surface area contributed by atoms with Gasteiger partial charge in [-0.3, -0.25) is 4.98 Å². The molecular formula is C9H14N4O. The number of nitrogen functional groups attached to an aromatic ring is 1. The van der Waals surface area contributed by atoms with E-state index in [9.17, 15) is 5.11 Å². The lowest BCUT2D eigenvalue weighted by Crippen LogP contribution is -2.28. The minimum absolute atomic E-state index is 0.270. The lowest BCUT2D eigenvalue weighted by molar-refractivity contribution is 0.195. The van der Waals surface area contributed by atoms with Gasteiger partial charge in [0.1, 0.15) is 11.6 Å². The van der Waals surface area contributed by atoms with Crippen LogP contribution >= 0.6 is 0 Å². The van der Waals surface area contributed by atoms with Crippen molar-refractivity contribution in [1.29, 1.82) is 0 Å². The predicted molar refractivity (Wildman–Crippen MR) is 53.9 cm³/mol. The van der Waals surface area contributed by atoms with Gasteiger partial charge in [-0.1, -0.05) is 0 Å². The van der Waals surface area contributed by atoms with Crippen LogP contribution in [-0.2, 0) is 0 Å². The second-order valence-electron chi connectivity index (χ2n) is 3.69. The summed E-state index contributed by atoms with van der Waals surface area (Å²) in [4.78, 5) is 10.2. The topological polar surface area (TPSA) is 75.3 Å². The average molecular weight is 194 g/mol. The van der Waals surface area contributed by atoms with Gasteiger partial charge in [-0.25, -0.2) is 4.98 Å². The second kappa shape index (κ2) is 3.42. The lowest BCUT2D eigenvalue weighted by atomic mass is 10.2. The van der Waals surface area contributed by atoms with Crippen molar-refractivity contribution in [3.05, 3.63) is 12.4 Å². The summed E-state index contributed by atoms with van der Waals surface area (Å²) >= 11 is 0. The molecule has 1 aromatic heterocycles. The molecule has 0 bridgehead atoms. The van der Waals surface area contributed by atoms with Crippen LogP contribution in [0.3, 0.4) is 0 Å². The molecule has 1 fully saturated rings. The van der Waals surface area contributed by atoms with Gasteiger partial charge >= 0.3 is 0 Å². The van der Waals surface area contributed by atoms with Crippen molar-refractivity contribution in [3.8, 4) is 0 Å². The Bertz CT molecular complexity index is 330. The molecule has 3 N–H and O–H groups in total. The third kappa shape index (κ3) is 1.63. The van der Waals surface area contributed by atoms with Crippen molar-refractivity contribution < 1.29 is 5.11 Å². The van der Waals surface area contributed by atoms with Crippen molar-refractivity contribution in [3.63, 3.8) is 0 Å². The number of β-amino-alcohol motifs (C(OH)–C–C–N with tert-alkyl or cyclic N) is 1. The molecule has 1 aliphatic rings. The van der Waals surface area contributed by atoms with E-state index in [0.29, 0.717) is 18.4 Å². The summed E-state index contributed by atoms with van der Waals surface area (Å²) in [7, 11) is 0. The minimum Gasteiger partial charge on any atom is -0.391 e. The van der Waals surface area contributed by atoms with E-state index >= 15 is 0 Å². The number of aliphatic hydroxyl groups is 1. The zero-order valence-corrected chi connectivity index (χ0v) is 8.09. The molecule has 0 aliphatic carbocycles. The predicted octanol–water partition coefficient (Wildman–Crippen LogP) is 0.0183. The molecule has 0 spiro atoms. The SMILES string of the molecule is CC1CC(O)CN1c1cncc(N)n1. The molecule has 1 saturated heterocycles. The highest BCUT2D eigenvalue weighted by Gasteiger charge is 2.28. The van der Waals surface area contributed by atoms with E-state index in [4.69, 9.17) is 5.73 Å². The Morgan fingerprint density at radius 3 is 2.93 bits per heavy atom. The smallest absolute Gasteiger partial charge is 0.149 e. The maximum absolute atomic E-state index is 9.48.